The number of rotatable bonds is 5. The van der Waals surface area contributed by atoms with Gasteiger partial charge in [-0.3, -0.25) is 4.79 Å². The highest BCUT2D eigenvalue weighted by molar-refractivity contribution is 5.89. The SMILES string of the molecule is CCn1cc(CC(=O)NC2CCCCC2CO)c2ccccc21. The van der Waals surface area contributed by atoms with Gasteiger partial charge in [-0.05, 0) is 31.4 Å². The van der Waals surface area contributed by atoms with Crippen LogP contribution in [0.15, 0.2) is 30.5 Å². The summed E-state index contributed by atoms with van der Waals surface area (Å²) in [4.78, 5) is 12.5. The number of amides is 1. The van der Waals surface area contributed by atoms with E-state index in [2.05, 4.69) is 35.1 Å². The molecule has 1 heterocycles. The van der Waals surface area contributed by atoms with Gasteiger partial charge >= 0.3 is 0 Å². The Balaban J connectivity index is 1.73. The van der Waals surface area contributed by atoms with Crippen molar-refractivity contribution in [2.75, 3.05) is 6.61 Å². The predicted octanol–water partition coefficient (Wildman–Crippen LogP) is 2.87. The van der Waals surface area contributed by atoms with Gasteiger partial charge in [0.1, 0.15) is 0 Å². The maximum Gasteiger partial charge on any atom is 0.224 e. The third kappa shape index (κ3) is 3.42. The molecule has 0 saturated heterocycles. The van der Waals surface area contributed by atoms with Crippen LogP contribution in [0.1, 0.15) is 38.2 Å². The molecule has 2 N–H and O–H groups in total. The van der Waals surface area contributed by atoms with E-state index in [9.17, 15) is 9.90 Å². The number of aliphatic hydroxyl groups excluding tert-OH is 1. The van der Waals surface area contributed by atoms with Gasteiger partial charge in [0.15, 0.2) is 0 Å². The van der Waals surface area contributed by atoms with Crippen LogP contribution >= 0.6 is 0 Å². The normalized spacial score (nSPS) is 21.5. The zero-order valence-electron chi connectivity index (χ0n) is 13.8. The molecule has 4 heteroatoms. The molecule has 1 aliphatic carbocycles. The number of para-hydroxylation sites is 1. The van der Waals surface area contributed by atoms with Crippen molar-refractivity contribution in [3.63, 3.8) is 0 Å². The molecule has 23 heavy (non-hydrogen) atoms. The van der Waals surface area contributed by atoms with Gasteiger partial charge in [-0.15, -0.1) is 0 Å². The summed E-state index contributed by atoms with van der Waals surface area (Å²) < 4.78 is 2.19. The molecule has 1 amide bonds. The topological polar surface area (TPSA) is 54.3 Å². The number of aliphatic hydroxyl groups is 1. The van der Waals surface area contributed by atoms with Crippen LogP contribution in [0.25, 0.3) is 10.9 Å². The van der Waals surface area contributed by atoms with Gasteiger partial charge in [0, 0.05) is 42.2 Å². The van der Waals surface area contributed by atoms with Crippen LogP contribution in [0.2, 0.25) is 0 Å². The number of carbonyl (C=O) groups is 1. The number of benzene rings is 1. The first-order valence-corrected chi connectivity index (χ1v) is 8.70. The molecule has 0 bridgehead atoms. The summed E-state index contributed by atoms with van der Waals surface area (Å²) in [6.07, 6.45) is 6.78. The van der Waals surface area contributed by atoms with Crippen LogP contribution in [0, 0.1) is 5.92 Å². The van der Waals surface area contributed by atoms with Crippen LogP contribution in [0.3, 0.4) is 0 Å². The predicted molar refractivity (Wildman–Crippen MR) is 92.3 cm³/mol. The summed E-state index contributed by atoms with van der Waals surface area (Å²) in [5, 5.41) is 13.8. The molecule has 0 aliphatic heterocycles. The lowest BCUT2D eigenvalue weighted by atomic mass is 9.85. The Labute approximate surface area is 137 Å². The molecule has 2 atom stereocenters. The lowest BCUT2D eigenvalue weighted by molar-refractivity contribution is -0.121. The zero-order valence-corrected chi connectivity index (χ0v) is 13.8. The first kappa shape index (κ1) is 16.1. The largest absolute Gasteiger partial charge is 0.396 e. The Bertz CT molecular complexity index is 677. The number of carbonyl (C=O) groups excluding carboxylic acids is 1. The van der Waals surface area contributed by atoms with Crippen LogP contribution in [0.4, 0.5) is 0 Å². The molecule has 3 rings (SSSR count). The van der Waals surface area contributed by atoms with Crippen molar-refractivity contribution >= 4 is 16.8 Å². The van der Waals surface area contributed by atoms with Gasteiger partial charge in [0.25, 0.3) is 0 Å². The summed E-state index contributed by atoms with van der Waals surface area (Å²) >= 11 is 0. The molecule has 1 aromatic carbocycles. The minimum absolute atomic E-state index is 0.0642. The number of nitrogens with one attached hydrogen (secondary N) is 1. The van der Waals surface area contributed by atoms with Gasteiger partial charge in [-0.1, -0.05) is 31.0 Å². The van der Waals surface area contributed by atoms with Crippen molar-refractivity contribution in [1.29, 1.82) is 0 Å². The quantitative estimate of drug-likeness (QED) is 0.891. The van der Waals surface area contributed by atoms with Crippen LogP contribution in [0.5, 0.6) is 0 Å². The van der Waals surface area contributed by atoms with Gasteiger partial charge < -0.3 is 15.0 Å². The van der Waals surface area contributed by atoms with E-state index in [4.69, 9.17) is 0 Å². The van der Waals surface area contributed by atoms with E-state index in [1.54, 1.807) is 0 Å². The van der Waals surface area contributed by atoms with Crippen molar-refractivity contribution < 1.29 is 9.90 Å². The standard InChI is InChI=1S/C19H26N2O2/c1-2-21-12-15(16-8-4-6-10-18(16)21)11-19(23)20-17-9-5-3-7-14(17)13-22/h4,6,8,10,12,14,17,22H,2-3,5,7,9,11,13H2,1H3,(H,20,23). The number of aromatic nitrogens is 1. The monoisotopic (exact) mass is 314 g/mol. The summed E-state index contributed by atoms with van der Waals surface area (Å²) in [6.45, 7) is 3.18. The lowest BCUT2D eigenvalue weighted by Gasteiger charge is -2.30. The molecule has 0 spiro atoms. The Morgan fingerprint density at radius 2 is 2.09 bits per heavy atom. The Hall–Kier alpha value is -1.81. The fourth-order valence-corrected chi connectivity index (χ4v) is 3.77. The van der Waals surface area contributed by atoms with Crippen molar-refractivity contribution in [2.24, 2.45) is 5.92 Å². The van der Waals surface area contributed by atoms with E-state index in [1.807, 2.05) is 12.1 Å². The smallest absolute Gasteiger partial charge is 0.224 e. The second-order valence-corrected chi connectivity index (χ2v) is 6.54. The molecule has 1 fully saturated rings. The molecule has 1 saturated carbocycles. The Morgan fingerprint density at radius 3 is 2.87 bits per heavy atom. The maximum absolute atomic E-state index is 12.5. The highest BCUT2D eigenvalue weighted by Gasteiger charge is 2.26. The maximum atomic E-state index is 12.5. The summed E-state index contributed by atoms with van der Waals surface area (Å²) in [7, 11) is 0. The van der Waals surface area contributed by atoms with Crippen LogP contribution in [-0.4, -0.2) is 28.2 Å². The molecular weight excluding hydrogens is 288 g/mol. The minimum Gasteiger partial charge on any atom is -0.396 e. The van der Waals surface area contributed by atoms with E-state index in [-0.39, 0.29) is 24.5 Å². The van der Waals surface area contributed by atoms with E-state index < -0.39 is 0 Å². The average Bonchev–Trinajstić information content (AvgIpc) is 2.93. The first-order valence-electron chi connectivity index (χ1n) is 8.70. The van der Waals surface area contributed by atoms with E-state index in [0.717, 1.165) is 43.2 Å². The highest BCUT2D eigenvalue weighted by Crippen LogP contribution is 2.25. The van der Waals surface area contributed by atoms with E-state index >= 15 is 0 Å². The molecule has 2 unspecified atom stereocenters. The van der Waals surface area contributed by atoms with Crippen molar-refractivity contribution in [1.82, 2.24) is 9.88 Å². The Morgan fingerprint density at radius 1 is 1.30 bits per heavy atom. The van der Waals surface area contributed by atoms with E-state index in [1.165, 1.54) is 5.52 Å². The second-order valence-electron chi connectivity index (χ2n) is 6.54. The number of hydrogen-bond donors (Lipinski definition) is 2. The van der Waals surface area contributed by atoms with Crippen LogP contribution in [-0.2, 0) is 17.8 Å². The molecular formula is C19H26N2O2. The Kier molecular flexibility index (Phi) is 5.01. The summed E-state index contributed by atoms with van der Waals surface area (Å²) in [5.41, 5.74) is 2.26. The number of nitrogens with zero attached hydrogens (tertiary/aromatic N) is 1. The average molecular weight is 314 g/mol. The van der Waals surface area contributed by atoms with Gasteiger partial charge in [0.2, 0.25) is 5.91 Å². The fraction of sp³-hybridized carbons (Fsp3) is 0.526. The molecule has 124 valence electrons. The number of aryl methyl sites for hydroxylation is 1. The fourth-order valence-electron chi connectivity index (χ4n) is 3.77. The molecule has 1 aromatic heterocycles. The molecule has 2 aromatic rings. The van der Waals surface area contributed by atoms with Crippen LogP contribution < -0.4 is 5.32 Å². The summed E-state index contributed by atoms with van der Waals surface area (Å²) in [5.74, 6) is 0.277. The van der Waals surface area contributed by atoms with Gasteiger partial charge in [-0.25, -0.2) is 0 Å². The van der Waals surface area contributed by atoms with Crippen molar-refractivity contribution in [3.05, 3.63) is 36.0 Å². The van der Waals surface area contributed by atoms with Gasteiger partial charge in [0.05, 0.1) is 6.42 Å². The molecule has 0 radical (unpaired) electrons. The van der Waals surface area contributed by atoms with Crippen molar-refractivity contribution in [2.45, 2.75) is 51.6 Å². The van der Waals surface area contributed by atoms with Gasteiger partial charge in [-0.2, -0.15) is 0 Å². The third-order valence-corrected chi connectivity index (χ3v) is 5.05. The number of fused-ring (bicyclic) bond motifs is 1. The summed E-state index contributed by atoms with van der Waals surface area (Å²) in [6, 6.07) is 8.37. The molecule has 4 nitrogen and oxygen atoms in total. The minimum atomic E-state index is 0.0642. The van der Waals surface area contributed by atoms with Crippen molar-refractivity contribution in [3.8, 4) is 0 Å². The highest BCUT2D eigenvalue weighted by atomic mass is 16.3. The second kappa shape index (κ2) is 7.18. The van der Waals surface area contributed by atoms with E-state index in [0.29, 0.717) is 6.42 Å². The first-order chi connectivity index (χ1) is 11.2. The zero-order chi connectivity index (χ0) is 16.2. The third-order valence-electron chi connectivity index (χ3n) is 5.05. The lowest BCUT2D eigenvalue weighted by Crippen LogP contribution is -2.44. The molecule has 1 aliphatic rings. The number of hydrogen-bond acceptors (Lipinski definition) is 2.